The van der Waals surface area contributed by atoms with Crippen LogP contribution in [0.15, 0.2) is 35.5 Å². The minimum atomic E-state index is -0.322. The van der Waals surface area contributed by atoms with E-state index in [2.05, 4.69) is 23.7 Å². The SMILES string of the molecule is CC(C)(NC(=O)c1cn(C2COC2)c2cccc(Cl)c12)C1=C2[C@@H]3CC(C1)C[C@H]2C3. The molecule has 2 heterocycles. The summed E-state index contributed by atoms with van der Waals surface area (Å²) < 4.78 is 7.54. The van der Waals surface area contributed by atoms with Gasteiger partial charge >= 0.3 is 0 Å². The molecule has 1 amide bonds. The van der Waals surface area contributed by atoms with E-state index in [1.54, 1.807) is 5.57 Å². The van der Waals surface area contributed by atoms with E-state index in [1.807, 2.05) is 24.4 Å². The van der Waals surface area contributed by atoms with Crippen LogP contribution in [0.4, 0.5) is 0 Å². The Hall–Kier alpha value is -1.78. The zero-order valence-corrected chi connectivity index (χ0v) is 17.8. The molecule has 3 saturated carbocycles. The van der Waals surface area contributed by atoms with Crippen LogP contribution in [0.2, 0.25) is 5.02 Å². The predicted molar refractivity (Wildman–Crippen MR) is 114 cm³/mol. The number of nitrogens with zero attached hydrogens (tertiary/aromatic N) is 1. The fraction of sp³-hybridized carbons (Fsp3) is 0.542. The van der Waals surface area contributed by atoms with Crippen LogP contribution in [0.5, 0.6) is 0 Å². The van der Waals surface area contributed by atoms with Crippen molar-refractivity contribution < 1.29 is 9.53 Å². The van der Waals surface area contributed by atoms with Crippen molar-refractivity contribution in [3.8, 4) is 0 Å². The minimum absolute atomic E-state index is 0.0321. The molecular weight excluding hydrogens is 384 g/mol. The molecule has 0 radical (unpaired) electrons. The van der Waals surface area contributed by atoms with Crippen LogP contribution >= 0.6 is 11.6 Å². The molecule has 5 heteroatoms. The van der Waals surface area contributed by atoms with E-state index in [4.69, 9.17) is 16.3 Å². The highest BCUT2D eigenvalue weighted by Crippen LogP contribution is 2.60. The summed E-state index contributed by atoms with van der Waals surface area (Å²) in [6.45, 7) is 5.72. The van der Waals surface area contributed by atoms with Crippen molar-refractivity contribution in [1.82, 2.24) is 9.88 Å². The first-order valence-electron chi connectivity index (χ1n) is 10.8. The van der Waals surface area contributed by atoms with Crippen LogP contribution in [0.25, 0.3) is 10.9 Å². The zero-order valence-electron chi connectivity index (χ0n) is 17.0. The average molecular weight is 411 g/mol. The lowest BCUT2D eigenvalue weighted by molar-refractivity contribution is -0.0214. The number of benzene rings is 1. The first-order chi connectivity index (χ1) is 13.9. The summed E-state index contributed by atoms with van der Waals surface area (Å²) in [5.41, 5.74) is 4.52. The summed E-state index contributed by atoms with van der Waals surface area (Å²) in [6, 6.07) is 6.13. The number of fused-ring (bicyclic) bond motifs is 2. The van der Waals surface area contributed by atoms with Crippen LogP contribution in [0, 0.1) is 17.8 Å². The van der Waals surface area contributed by atoms with Gasteiger partial charge in [0, 0.05) is 11.6 Å². The Kier molecular flexibility index (Phi) is 3.80. The Morgan fingerprint density at radius 1 is 1.21 bits per heavy atom. The Bertz CT molecular complexity index is 1050. The van der Waals surface area contributed by atoms with Gasteiger partial charge in [-0.1, -0.05) is 23.2 Å². The van der Waals surface area contributed by atoms with Crippen molar-refractivity contribution >= 4 is 28.4 Å². The Morgan fingerprint density at radius 3 is 2.62 bits per heavy atom. The third kappa shape index (κ3) is 2.58. The van der Waals surface area contributed by atoms with E-state index in [1.165, 1.54) is 24.8 Å². The van der Waals surface area contributed by atoms with Gasteiger partial charge in [-0.3, -0.25) is 4.79 Å². The maximum Gasteiger partial charge on any atom is 0.254 e. The number of halogens is 1. The average Bonchev–Trinajstić information content (AvgIpc) is 3.00. The van der Waals surface area contributed by atoms with Gasteiger partial charge in [-0.15, -0.1) is 0 Å². The number of rotatable bonds is 4. The van der Waals surface area contributed by atoms with E-state index in [0.717, 1.165) is 35.1 Å². The monoisotopic (exact) mass is 410 g/mol. The Morgan fingerprint density at radius 2 is 1.97 bits per heavy atom. The van der Waals surface area contributed by atoms with Crippen molar-refractivity contribution in [2.24, 2.45) is 17.8 Å². The van der Waals surface area contributed by atoms with Crippen molar-refractivity contribution in [1.29, 1.82) is 0 Å². The topological polar surface area (TPSA) is 43.3 Å². The molecule has 1 unspecified atom stereocenters. The quantitative estimate of drug-likeness (QED) is 0.711. The van der Waals surface area contributed by atoms with Crippen molar-refractivity contribution in [3.63, 3.8) is 0 Å². The van der Waals surface area contributed by atoms with E-state index in [9.17, 15) is 4.79 Å². The first kappa shape index (κ1) is 18.0. The largest absolute Gasteiger partial charge is 0.377 e. The molecule has 5 aliphatic carbocycles. The molecule has 4 fully saturated rings. The highest BCUT2D eigenvalue weighted by molar-refractivity contribution is 6.36. The molecule has 1 N–H and O–H groups in total. The van der Waals surface area contributed by atoms with E-state index in [-0.39, 0.29) is 17.5 Å². The molecule has 4 nitrogen and oxygen atoms in total. The Balaban J connectivity index is 1.36. The number of allylic oxidation sites excluding steroid dienone is 1. The second-order valence-electron chi connectivity index (χ2n) is 9.96. The molecule has 1 aliphatic heterocycles. The second kappa shape index (κ2) is 6.12. The van der Waals surface area contributed by atoms with Crippen molar-refractivity contribution in [3.05, 3.63) is 46.1 Å². The van der Waals surface area contributed by atoms with Gasteiger partial charge < -0.3 is 14.6 Å². The van der Waals surface area contributed by atoms with E-state index < -0.39 is 0 Å². The van der Waals surface area contributed by atoms with Gasteiger partial charge in [0.1, 0.15) is 0 Å². The smallest absolute Gasteiger partial charge is 0.254 e. The van der Waals surface area contributed by atoms with Gasteiger partial charge in [0.05, 0.1) is 40.9 Å². The summed E-state index contributed by atoms with van der Waals surface area (Å²) in [5.74, 6) is 2.36. The minimum Gasteiger partial charge on any atom is -0.377 e. The molecule has 2 aromatic rings. The third-order valence-electron chi connectivity index (χ3n) is 7.77. The molecule has 152 valence electrons. The highest BCUT2D eigenvalue weighted by Gasteiger charge is 2.50. The zero-order chi connectivity index (χ0) is 19.9. The van der Waals surface area contributed by atoms with Gasteiger partial charge in [-0.25, -0.2) is 0 Å². The molecule has 1 aromatic carbocycles. The van der Waals surface area contributed by atoms with Gasteiger partial charge in [0.25, 0.3) is 5.91 Å². The molecule has 29 heavy (non-hydrogen) atoms. The van der Waals surface area contributed by atoms with Crippen LogP contribution in [0.3, 0.4) is 0 Å². The van der Waals surface area contributed by atoms with Crippen molar-refractivity contribution in [2.75, 3.05) is 13.2 Å². The lowest BCUT2D eigenvalue weighted by atomic mass is 9.50. The predicted octanol–water partition coefficient (Wildman–Crippen LogP) is 5.12. The molecule has 4 bridgehead atoms. The number of amides is 1. The highest BCUT2D eigenvalue weighted by atomic mass is 35.5. The number of ether oxygens (including phenoxy) is 1. The summed E-state index contributed by atoms with van der Waals surface area (Å²) in [5, 5.41) is 4.85. The number of hydrogen-bond acceptors (Lipinski definition) is 2. The van der Waals surface area contributed by atoms with Gasteiger partial charge in [0.15, 0.2) is 0 Å². The molecule has 8 rings (SSSR count). The summed E-state index contributed by atoms with van der Waals surface area (Å²) in [4.78, 5) is 13.5. The van der Waals surface area contributed by atoms with Crippen LogP contribution < -0.4 is 5.32 Å². The molecule has 1 saturated heterocycles. The standard InChI is InChI=1S/C24H27ClN2O2/c1-24(2,18-8-13-6-14-9-15(7-13)21(14)18)26-23(28)17-10-27(16-11-29-12-16)20-5-3-4-19(25)22(17)20/h3-5,10,13-16H,6-9,11-12H2,1-2H3,(H,26,28)/t13?,14-,15+. The normalized spacial score (nSPS) is 28.4. The maximum atomic E-state index is 13.5. The molecule has 3 atom stereocenters. The third-order valence-corrected chi connectivity index (χ3v) is 8.09. The van der Waals surface area contributed by atoms with Gasteiger partial charge in [-0.2, -0.15) is 0 Å². The van der Waals surface area contributed by atoms with Crippen molar-refractivity contribution in [2.45, 2.75) is 51.1 Å². The fourth-order valence-corrected chi connectivity index (χ4v) is 6.62. The summed E-state index contributed by atoms with van der Waals surface area (Å²) >= 11 is 6.55. The van der Waals surface area contributed by atoms with Crippen LogP contribution in [0.1, 0.15) is 55.9 Å². The number of carbonyl (C=O) groups is 1. The number of carbonyl (C=O) groups excluding carboxylic acids is 1. The number of nitrogens with one attached hydrogen (secondary N) is 1. The second-order valence-corrected chi connectivity index (χ2v) is 10.4. The number of hydrogen-bond donors (Lipinski definition) is 1. The van der Waals surface area contributed by atoms with E-state index >= 15 is 0 Å². The maximum absolute atomic E-state index is 13.5. The van der Waals surface area contributed by atoms with Gasteiger partial charge in [-0.05, 0) is 75.0 Å². The van der Waals surface area contributed by atoms with Gasteiger partial charge in [0.2, 0.25) is 0 Å². The lowest BCUT2D eigenvalue weighted by Gasteiger charge is -2.56. The first-order valence-corrected chi connectivity index (χ1v) is 11.2. The van der Waals surface area contributed by atoms with E-state index in [0.29, 0.717) is 23.8 Å². The van der Waals surface area contributed by atoms with Crippen LogP contribution in [-0.4, -0.2) is 29.2 Å². The Labute approximate surface area is 176 Å². The molecular formula is C24H27ClN2O2. The fourth-order valence-electron chi connectivity index (χ4n) is 6.35. The molecule has 0 spiro atoms. The van der Waals surface area contributed by atoms with Crippen LogP contribution in [-0.2, 0) is 4.74 Å². The summed E-state index contributed by atoms with van der Waals surface area (Å²) in [7, 11) is 0. The molecule has 6 aliphatic rings. The lowest BCUT2D eigenvalue weighted by Crippen LogP contribution is -2.52. The number of aromatic nitrogens is 1. The molecule has 1 aromatic heterocycles. The summed E-state index contributed by atoms with van der Waals surface area (Å²) in [6.07, 6.45) is 7.22.